The number of nitrogens with zero attached hydrogens (tertiary/aromatic N) is 2. The molecule has 2 aromatic rings. The average molecular weight is 280 g/mol. The number of hydrogen-bond acceptors (Lipinski definition) is 4. The standard InChI is InChI=1S/C13H10F2N2O3/c1-13(14,15)12-16-7-9(11(18)19)10(17-12)20-8-5-3-2-4-6-8/h2-7H,1H3,(H,18,19). The lowest BCUT2D eigenvalue weighted by Crippen LogP contribution is -2.15. The zero-order valence-corrected chi connectivity index (χ0v) is 10.4. The summed E-state index contributed by atoms with van der Waals surface area (Å²) in [6.45, 7) is 0.620. The average Bonchev–Trinajstić information content (AvgIpc) is 2.38. The van der Waals surface area contributed by atoms with Crippen molar-refractivity contribution in [2.45, 2.75) is 12.8 Å². The minimum atomic E-state index is -3.29. The summed E-state index contributed by atoms with van der Waals surface area (Å²) in [5.41, 5.74) is -0.387. The van der Waals surface area contributed by atoms with E-state index >= 15 is 0 Å². The molecule has 0 fully saturated rings. The molecule has 5 nitrogen and oxygen atoms in total. The molecule has 0 saturated carbocycles. The number of rotatable bonds is 4. The summed E-state index contributed by atoms with van der Waals surface area (Å²) < 4.78 is 31.6. The van der Waals surface area contributed by atoms with Crippen molar-refractivity contribution in [3.05, 3.63) is 47.9 Å². The van der Waals surface area contributed by atoms with Crippen LogP contribution in [0.5, 0.6) is 11.6 Å². The topological polar surface area (TPSA) is 72.3 Å². The van der Waals surface area contributed by atoms with E-state index in [2.05, 4.69) is 9.97 Å². The Hall–Kier alpha value is -2.57. The molecule has 0 aliphatic heterocycles. The van der Waals surface area contributed by atoms with E-state index in [-0.39, 0.29) is 5.56 Å². The first-order valence-corrected chi connectivity index (χ1v) is 5.59. The van der Waals surface area contributed by atoms with Crippen molar-refractivity contribution in [3.63, 3.8) is 0 Å². The number of para-hydroxylation sites is 1. The highest BCUT2D eigenvalue weighted by Gasteiger charge is 2.30. The molecule has 0 amide bonds. The fourth-order valence-corrected chi connectivity index (χ4v) is 1.40. The second-order valence-electron chi connectivity index (χ2n) is 4.02. The Kier molecular flexibility index (Phi) is 3.60. The summed E-state index contributed by atoms with van der Waals surface area (Å²) in [4.78, 5) is 17.9. The van der Waals surface area contributed by atoms with Gasteiger partial charge in [-0.3, -0.25) is 0 Å². The van der Waals surface area contributed by atoms with Crippen molar-refractivity contribution >= 4 is 5.97 Å². The van der Waals surface area contributed by atoms with Gasteiger partial charge in [-0.2, -0.15) is 13.8 Å². The van der Waals surface area contributed by atoms with Crippen molar-refractivity contribution in [2.75, 3.05) is 0 Å². The summed E-state index contributed by atoms with van der Waals surface area (Å²) in [7, 11) is 0. The molecule has 20 heavy (non-hydrogen) atoms. The molecular weight excluding hydrogens is 270 g/mol. The van der Waals surface area contributed by atoms with E-state index in [0.717, 1.165) is 6.20 Å². The van der Waals surface area contributed by atoms with E-state index in [0.29, 0.717) is 12.7 Å². The molecule has 0 saturated heterocycles. The molecule has 0 aliphatic carbocycles. The van der Waals surface area contributed by atoms with Crippen LogP contribution in [0.15, 0.2) is 36.5 Å². The molecule has 1 N–H and O–H groups in total. The maximum absolute atomic E-state index is 13.2. The smallest absolute Gasteiger partial charge is 0.342 e. The van der Waals surface area contributed by atoms with E-state index in [1.165, 1.54) is 0 Å². The van der Waals surface area contributed by atoms with Crippen LogP contribution in [0.4, 0.5) is 8.78 Å². The van der Waals surface area contributed by atoms with Gasteiger partial charge in [0, 0.05) is 13.1 Å². The van der Waals surface area contributed by atoms with Gasteiger partial charge in [0.25, 0.3) is 0 Å². The van der Waals surface area contributed by atoms with Crippen molar-refractivity contribution < 1.29 is 23.4 Å². The van der Waals surface area contributed by atoms with Crippen LogP contribution in [0.1, 0.15) is 23.1 Å². The normalized spacial score (nSPS) is 11.2. The Balaban J connectivity index is 2.45. The predicted octanol–water partition coefficient (Wildman–Crippen LogP) is 3.08. The van der Waals surface area contributed by atoms with Gasteiger partial charge in [-0.05, 0) is 12.1 Å². The van der Waals surface area contributed by atoms with Crippen molar-refractivity contribution in [3.8, 4) is 11.6 Å². The number of aromatic nitrogens is 2. The van der Waals surface area contributed by atoms with Crippen molar-refractivity contribution in [1.29, 1.82) is 0 Å². The lowest BCUT2D eigenvalue weighted by molar-refractivity contribution is 0.00699. The second-order valence-corrected chi connectivity index (χ2v) is 4.02. The van der Waals surface area contributed by atoms with Gasteiger partial charge < -0.3 is 9.84 Å². The van der Waals surface area contributed by atoms with Gasteiger partial charge in [-0.1, -0.05) is 18.2 Å². The minimum absolute atomic E-state index is 0.291. The zero-order chi connectivity index (χ0) is 14.8. The largest absolute Gasteiger partial charge is 0.477 e. The Labute approximate surface area is 112 Å². The number of alkyl halides is 2. The SMILES string of the molecule is CC(F)(F)c1ncc(C(=O)O)c(Oc2ccccc2)n1. The maximum atomic E-state index is 13.2. The van der Waals surface area contributed by atoms with Gasteiger partial charge in [0.1, 0.15) is 11.3 Å². The third-order valence-electron chi connectivity index (χ3n) is 2.33. The third-order valence-corrected chi connectivity index (χ3v) is 2.33. The van der Waals surface area contributed by atoms with E-state index in [9.17, 15) is 13.6 Å². The Bertz CT molecular complexity index is 627. The van der Waals surface area contributed by atoms with E-state index in [1.54, 1.807) is 30.3 Å². The molecule has 1 heterocycles. The predicted molar refractivity (Wildman–Crippen MR) is 65.1 cm³/mol. The number of benzene rings is 1. The highest BCUT2D eigenvalue weighted by molar-refractivity contribution is 5.89. The minimum Gasteiger partial charge on any atom is -0.477 e. The number of aromatic carboxylic acids is 1. The Morgan fingerprint density at radius 3 is 2.50 bits per heavy atom. The number of halogens is 2. The molecule has 1 aromatic carbocycles. The first kappa shape index (κ1) is 13.9. The first-order valence-electron chi connectivity index (χ1n) is 5.59. The quantitative estimate of drug-likeness (QED) is 0.931. The highest BCUT2D eigenvalue weighted by Crippen LogP contribution is 2.28. The zero-order valence-electron chi connectivity index (χ0n) is 10.4. The number of carboxylic acid groups (broad SMARTS) is 1. The summed E-state index contributed by atoms with van der Waals surface area (Å²) >= 11 is 0. The number of carbonyl (C=O) groups is 1. The number of hydrogen-bond donors (Lipinski definition) is 1. The van der Waals surface area contributed by atoms with Crippen LogP contribution in [0.2, 0.25) is 0 Å². The third kappa shape index (κ3) is 3.05. The van der Waals surface area contributed by atoms with E-state index < -0.39 is 23.6 Å². The van der Waals surface area contributed by atoms with Gasteiger partial charge in [0.05, 0.1) is 0 Å². The van der Waals surface area contributed by atoms with Crippen LogP contribution in [-0.4, -0.2) is 21.0 Å². The lowest BCUT2D eigenvalue weighted by atomic mass is 10.3. The molecule has 0 spiro atoms. The molecule has 0 radical (unpaired) electrons. The lowest BCUT2D eigenvalue weighted by Gasteiger charge is -2.12. The van der Waals surface area contributed by atoms with E-state index in [1.807, 2.05) is 0 Å². The Morgan fingerprint density at radius 1 is 1.30 bits per heavy atom. The Morgan fingerprint density at radius 2 is 1.95 bits per heavy atom. The maximum Gasteiger partial charge on any atom is 0.342 e. The molecule has 1 aromatic heterocycles. The molecular formula is C13H10F2N2O3. The van der Waals surface area contributed by atoms with Crippen LogP contribution < -0.4 is 4.74 Å². The van der Waals surface area contributed by atoms with Gasteiger partial charge in [0.15, 0.2) is 0 Å². The number of ether oxygens (including phenoxy) is 1. The molecule has 2 rings (SSSR count). The molecule has 104 valence electrons. The molecule has 0 bridgehead atoms. The van der Waals surface area contributed by atoms with Gasteiger partial charge >= 0.3 is 11.9 Å². The fraction of sp³-hybridized carbons (Fsp3) is 0.154. The summed E-state index contributed by atoms with van der Waals surface area (Å²) in [6, 6.07) is 8.16. The highest BCUT2D eigenvalue weighted by atomic mass is 19.3. The van der Waals surface area contributed by atoms with Crippen LogP contribution in [0, 0.1) is 0 Å². The number of carboxylic acids is 1. The van der Waals surface area contributed by atoms with E-state index in [4.69, 9.17) is 9.84 Å². The van der Waals surface area contributed by atoms with Crippen molar-refractivity contribution in [2.24, 2.45) is 0 Å². The van der Waals surface area contributed by atoms with Gasteiger partial charge in [-0.15, -0.1) is 0 Å². The van der Waals surface area contributed by atoms with Gasteiger partial charge in [0.2, 0.25) is 11.7 Å². The molecule has 0 unspecified atom stereocenters. The van der Waals surface area contributed by atoms with Crippen molar-refractivity contribution in [1.82, 2.24) is 9.97 Å². The van der Waals surface area contributed by atoms with Crippen LogP contribution in [0.3, 0.4) is 0 Å². The molecule has 7 heteroatoms. The summed E-state index contributed by atoms with van der Waals surface area (Å²) in [6.07, 6.45) is 0.806. The first-order chi connectivity index (χ1) is 9.38. The van der Waals surface area contributed by atoms with Gasteiger partial charge in [-0.25, -0.2) is 9.78 Å². The van der Waals surface area contributed by atoms with Crippen LogP contribution >= 0.6 is 0 Å². The van der Waals surface area contributed by atoms with Crippen LogP contribution in [-0.2, 0) is 5.92 Å². The summed E-state index contributed by atoms with van der Waals surface area (Å²) in [5.74, 6) is -5.57. The molecule has 0 aliphatic rings. The fourth-order valence-electron chi connectivity index (χ4n) is 1.40. The van der Waals surface area contributed by atoms with Crippen LogP contribution in [0.25, 0.3) is 0 Å². The monoisotopic (exact) mass is 280 g/mol. The molecule has 0 atom stereocenters. The second kappa shape index (κ2) is 5.20. The summed E-state index contributed by atoms with van der Waals surface area (Å²) in [5, 5.41) is 8.99.